The highest BCUT2D eigenvalue weighted by Gasteiger charge is 2.18. The van der Waals surface area contributed by atoms with Crippen molar-refractivity contribution < 1.29 is 4.79 Å². The van der Waals surface area contributed by atoms with Gasteiger partial charge in [0.1, 0.15) is 10.7 Å². The number of carbonyl (C=O) groups is 1. The van der Waals surface area contributed by atoms with E-state index < -0.39 is 0 Å². The third-order valence-corrected chi connectivity index (χ3v) is 7.82. The van der Waals surface area contributed by atoms with Crippen LogP contribution in [0.2, 0.25) is 0 Å². The Morgan fingerprint density at radius 3 is 2.20 bits per heavy atom. The Kier molecular flexibility index (Phi) is 9.46. The van der Waals surface area contributed by atoms with Gasteiger partial charge < -0.3 is 5.32 Å². The van der Waals surface area contributed by atoms with Gasteiger partial charge in [-0.1, -0.05) is 96.6 Å². The summed E-state index contributed by atoms with van der Waals surface area (Å²) in [6.45, 7) is 4.94. The van der Waals surface area contributed by atoms with E-state index >= 15 is 0 Å². The molecule has 0 unspecified atom stereocenters. The minimum Gasteiger partial charge on any atom is -0.347 e. The molecule has 1 amide bonds. The van der Waals surface area contributed by atoms with E-state index in [2.05, 4.69) is 107 Å². The van der Waals surface area contributed by atoms with Gasteiger partial charge in [-0.3, -0.25) is 14.7 Å². The quantitative estimate of drug-likeness (QED) is 0.183. The predicted molar refractivity (Wildman–Crippen MR) is 162 cm³/mol. The van der Waals surface area contributed by atoms with Crippen molar-refractivity contribution >= 4 is 17.2 Å². The molecule has 1 N–H and O–H groups in total. The summed E-state index contributed by atoms with van der Waals surface area (Å²) in [5, 5.41) is 5.75. The number of nitrogens with one attached hydrogen (secondary N) is 1. The largest absolute Gasteiger partial charge is 0.347 e. The van der Waals surface area contributed by atoms with E-state index in [1.807, 2.05) is 17.5 Å². The predicted octanol–water partition coefficient (Wildman–Crippen LogP) is 7.00. The molecule has 40 heavy (non-hydrogen) atoms. The number of carbonyl (C=O) groups excluding carboxylic acids is 1. The first-order valence-corrected chi connectivity index (χ1v) is 14.5. The Labute approximate surface area is 240 Å². The molecule has 0 radical (unpaired) electrons. The summed E-state index contributed by atoms with van der Waals surface area (Å²) in [6.07, 6.45) is 4.46. The molecule has 0 atom stereocenters. The molecule has 0 aliphatic carbocycles. The van der Waals surface area contributed by atoms with Crippen LogP contribution >= 0.6 is 11.3 Å². The number of benzene rings is 3. The molecule has 0 saturated heterocycles. The second kappa shape index (κ2) is 13.8. The molecule has 0 spiro atoms. The smallest absolute Gasteiger partial charge is 0.271 e. The monoisotopic (exact) mass is 546 g/mol. The number of aryl methyl sites for hydroxylation is 1. The highest BCUT2D eigenvalue weighted by molar-refractivity contribution is 7.09. The van der Waals surface area contributed by atoms with Crippen LogP contribution < -0.4 is 5.32 Å². The Morgan fingerprint density at radius 1 is 0.850 bits per heavy atom. The molecule has 202 valence electrons. The standard InChI is InChI=1S/C34H34N4OS/c1-26-14-16-27(17-15-26)23-38(20-18-31(29-10-4-2-5-11-29)30-12-6-3-7-13-30)24-33-37-32(25-40-33)34(39)36-22-28-9-8-19-35-21-28/h2-17,19,21,25,31H,18,20,22-24H2,1H3,(H,36,39). The normalized spacial score (nSPS) is 11.2. The van der Waals surface area contributed by atoms with Crippen molar-refractivity contribution in [2.45, 2.75) is 38.9 Å². The number of rotatable bonds is 12. The van der Waals surface area contributed by atoms with Gasteiger partial charge in [0.2, 0.25) is 0 Å². The molecule has 3 aromatic carbocycles. The molecule has 2 heterocycles. The van der Waals surface area contributed by atoms with E-state index in [1.165, 1.54) is 22.3 Å². The van der Waals surface area contributed by atoms with Crippen LogP contribution in [0, 0.1) is 6.92 Å². The summed E-state index contributed by atoms with van der Waals surface area (Å²) in [5.74, 6) is 0.137. The van der Waals surface area contributed by atoms with Crippen LogP contribution in [-0.2, 0) is 19.6 Å². The lowest BCUT2D eigenvalue weighted by molar-refractivity contribution is 0.0946. The second-order valence-corrected chi connectivity index (χ2v) is 11.0. The summed E-state index contributed by atoms with van der Waals surface area (Å²) in [5.41, 5.74) is 6.60. The fourth-order valence-corrected chi connectivity index (χ4v) is 5.64. The summed E-state index contributed by atoms with van der Waals surface area (Å²) in [4.78, 5) is 24.0. The van der Waals surface area contributed by atoms with E-state index in [1.54, 1.807) is 23.7 Å². The summed E-state index contributed by atoms with van der Waals surface area (Å²) in [7, 11) is 0. The van der Waals surface area contributed by atoms with Crippen LogP contribution in [0.3, 0.4) is 0 Å². The molecular formula is C34H34N4OS. The minimum absolute atomic E-state index is 0.162. The average Bonchev–Trinajstić information content (AvgIpc) is 3.47. The molecule has 0 fully saturated rings. The van der Waals surface area contributed by atoms with Crippen molar-refractivity contribution in [1.82, 2.24) is 20.2 Å². The lowest BCUT2D eigenvalue weighted by atomic mass is 9.88. The molecular weight excluding hydrogens is 512 g/mol. The van der Waals surface area contributed by atoms with Crippen molar-refractivity contribution in [3.63, 3.8) is 0 Å². The van der Waals surface area contributed by atoms with E-state index in [9.17, 15) is 4.79 Å². The lowest BCUT2D eigenvalue weighted by Gasteiger charge is -2.25. The van der Waals surface area contributed by atoms with Crippen molar-refractivity contribution in [2.75, 3.05) is 6.54 Å². The highest BCUT2D eigenvalue weighted by Crippen LogP contribution is 2.29. The SMILES string of the molecule is Cc1ccc(CN(CCC(c2ccccc2)c2ccccc2)Cc2nc(C(=O)NCc3cccnc3)cs2)cc1. The number of hydrogen-bond acceptors (Lipinski definition) is 5. The number of nitrogens with zero attached hydrogens (tertiary/aromatic N) is 3. The third-order valence-electron chi connectivity index (χ3n) is 6.98. The topological polar surface area (TPSA) is 58.1 Å². The van der Waals surface area contributed by atoms with E-state index in [-0.39, 0.29) is 5.91 Å². The van der Waals surface area contributed by atoms with Gasteiger partial charge in [0.05, 0.1) is 6.54 Å². The van der Waals surface area contributed by atoms with Gasteiger partial charge in [0, 0.05) is 36.8 Å². The fraction of sp³-hybridized carbons (Fsp3) is 0.206. The number of pyridine rings is 1. The van der Waals surface area contributed by atoms with Gasteiger partial charge in [-0.05, 0) is 48.2 Å². The van der Waals surface area contributed by atoms with E-state index in [0.29, 0.717) is 24.7 Å². The maximum absolute atomic E-state index is 12.8. The minimum atomic E-state index is -0.162. The number of hydrogen-bond donors (Lipinski definition) is 1. The van der Waals surface area contributed by atoms with Crippen LogP contribution in [-0.4, -0.2) is 27.3 Å². The molecule has 5 rings (SSSR count). The molecule has 0 aliphatic rings. The van der Waals surface area contributed by atoms with Crippen molar-refractivity contribution in [3.8, 4) is 0 Å². The summed E-state index contributed by atoms with van der Waals surface area (Å²) in [6, 6.07) is 34.0. The zero-order valence-electron chi connectivity index (χ0n) is 22.7. The maximum atomic E-state index is 12.8. The van der Waals surface area contributed by atoms with Gasteiger partial charge in [0.25, 0.3) is 5.91 Å². The highest BCUT2D eigenvalue weighted by atomic mass is 32.1. The van der Waals surface area contributed by atoms with Crippen molar-refractivity contribution in [1.29, 1.82) is 0 Å². The Bertz CT molecular complexity index is 1430. The Balaban J connectivity index is 1.30. The number of aromatic nitrogens is 2. The van der Waals surface area contributed by atoms with Crippen LogP contribution in [0.5, 0.6) is 0 Å². The molecule has 0 aliphatic heterocycles. The van der Waals surface area contributed by atoms with Gasteiger partial charge in [0.15, 0.2) is 0 Å². The Hall–Kier alpha value is -4.13. The van der Waals surface area contributed by atoms with Gasteiger partial charge in [-0.25, -0.2) is 4.98 Å². The van der Waals surface area contributed by atoms with E-state index in [0.717, 1.165) is 30.1 Å². The zero-order chi connectivity index (χ0) is 27.6. The van der Waals surface area contributed by atoms with Crippen LogP contribution in [0.4, 0.5) is 0 Å². The van der Waals surface area contributed by atoms with Crippen molar-refractivity contribution in [3.05, 3.63) is 153 Å². The average molecular weight is 547 g/mol. The van der Waals surface area contributed by atoms with Crippen LogP contribution in [0.25, 0.3) is 0 Å². The van der Waals surface area contributed by atoms with Gasteiger partial charge >= 0.3 is 0 Å². The molecule has 2 aromatic heterocycles. The fourth-order valence-electron chi connectivity index (χ4n) is 4.83. The zero-order valence-corrected chi connectivity index (χ0v) is 23.6. The first-order valence-electron chi connectivity index (χ1n) is 13.6. The van der Waals surface area contributed by atoms with Crippen LogP contribution in [0.1, 0.15) is 55.7 Å². The Morgan fingerprint density at radius 2 is 1.55 bits per heavy atom. The first kappa shape index (κ1) is 27.4. The molecule has 0 saturated carbocycles. The lowest BCUT2D eigenvalue weighted by Crippen LogP contribution is -2.26. The summed E-state index contributed by atoms with van der Waals surface area (Å²) < 4.78 is 0. The molecule has 0 bridgehead atoms. The van der Waals surface area contributed by atoms with Crippen LogP contribution in [0.15, 0.2) is 115 Å². The number of amides is 1. The second-order valence-electron chi connectivity index (χ2n) is 10.0. The van der Waals surface area contributed by atoms with Crippen molar-refractivity contribution in [2.24, 2.45) is 0 Å². The maximum Gasteiger partial charge on any atom is 0.271 e. The van der Waals surface area contributed by atoms with Gasteiger partial charge in [-0.2, -0.15) is 0 Å². The summed E-state index contributed by atoms with van der Waals surface area (Å²) >= 11 is 1.54. The van der Waals surface area contributed by atoms with E-state index in [4.69, 9.17) is 4.98 Å². The third kappa shape index (κ3) is 7.72. The van der Waals surface area contributed by atoms with Gasteiger partial charge in [-0.15, -0.1) is 11.3 Å². The number of thiazole rings is 1. The first-order chi connectivity index (χ1) is 19.6. The molecule has 5 aromatic rings. The molecule has 6 heteroatoms. The molecule has 5 nitrogen and oxygen atoms in total.